The molecule has 0 unspecified atom stereocenters. The summed E-state index contributed by atoms with van der Waals surface area (Å²) < 4.78 is 5.91. The fraction of sp³-hybridized carbons (Fsp3) is 0.455. The maximum atomic E-state index is 11.8. The van der Waals surface area contributed by atoms with E-state index in [0.29, 0.717) is 12.4 Å². The van der Waals surface area contributed by atoms with Crippen molar-refractivity contribution >= 4 is 11.5 Å². The summed E-state index contributed by atoms with van der Waals surface area (Å²) >= 11 is 0. The van der Waals surface area contributed by atoms with Gasteiger partial charge >= 0.3 is 5.69 Å². The second-order valence-electron chi connectivity index (χ2n) is 4.72. The highest BCUT2D eigenvalue weighted by Gasteiger charge is 2.13. The molecule has 0 spiro atoms. The maximum Gasteiger partial charge on any atom is 0.330 e. The number of nitrogen functional groups attached to an aromatic ring is 1. The van der Waals surface area contributed by atoms with Crippen molar-refractivity contribution in [3.63, 3.8) is 0 Å². The second-order valence-corrected chi connectivity index (χ2v) is 4.72. The quantitative estimate of drug-likeness (QED) is 0.689. The number of aromatic amines is 1. The minimum atomic E-state index is -0.573. The Balaban J connectivity index is 2.32. The fourth-order valence-corrected chi connectivity index (χ4v) is 1.74. The average Bonchev–Trinajstić information content (AvgIpc) is 2.87. The summed E-state index contributed by atoms with van der Waals surface area (Å²) in [7, 11) is 0. The van der Waals surface area contributed by atoms with Crippen LogP contribution in [0.25, 0.3) is 0 Å². The minimum absolute atomic E-state index is 0.0935. The monoisotopic (exact) mass is 280 g/mol. The highest BCUT2D eigenvalue weighted by Crippen LogP contribution is 2.12. The molecule has 4 N–H and O–H groups in total. The van der Waals surface area contributed by atoms with Crippen LogP contribution in [-0.2, 0) is 13.1 Å². The number of nitrogens with two attached hydrogens (primary N) is 1. The molecule has 0 aromatic carbocycles. The molecule has 0 aliphatic heterocycles. The molecule has 0 aliphatic rings. The van der Waals surface area contributed by atoms with Gasteiger partial charge in [0.1, 0.15) is 11.5 Å². The van der Waals surface area contributed by atoms with Crippen molar-refractivity contribution < 1.29 is 4.52 Å². The van der Waals surface area contributed by atoms with Gasteiger partial charge in [-0.1, -0.05) is 19.0 Å². The van der Waals surface area contributed by atoms with E-state index in [1.54, 1.807) is 0 Å². The van der Waals surface area contributed by atoms with Gasteiger partial charge in [-0.2, -0.15) is 4.98 Å². The Morgan fingerprint density at radius 1 is 1.50 bits per heavy atom. The lowest BCUT2D eigenvalue weighted by Gasteiger charge is -2.14. The number of hydrogen-bond acceptors (Lipinski definition) is 7. The predicted octanol–water partition coefficient (Wildman–Crippen LogP) is -0.230. The molecule has 2 aromatic rings. The van der Waals surface area contributed by atoms with Gasteiger partial charge in [0.25, 0.3) is 5.56 Å². The Hall–Kier alpha value is -2.58. The van der Waals surface area contributed by atoms with E-state index < -0.39 is 11.2 Å². The molecule has 2 rings (SSSR count). The standard InChI is InChI=1S/C11H16N6O3/c1-6(2)4-17-9(12)8(10(18)15-11(17)19)13-3-7-14-5-20-16-7/h5-6,13H,3-4,12H2,1-2H3,(H,15,18,19). The van der Waals surface area contributed by atoms with Crippen molar-refractivity contribution in [2.75, 3.05) is 11.1 Å². The zero-order valence-corrected chi connectivity index (χ0v) is 11.2. The summed E-state index contributed by atoms with van der Waals surface area (Å²) in [6.07, 6.45) is 1.18. The van der Waals surface area contributed by atoms with Gasteiger partial charge in [0.2, 0.25) is 6.39 Å². The Bertz CT molecular complexity index is 685. The molecular weight excluding hydrogens is 264 g/mol. The first kappa shape index (κ1) is 13.8. The van der Waals surface area contributed by atoms with Gasteiger partial charge in [-0.25, -0.2) is 4.79 Å². The highest BCUT2D eigenvalue weighted by molar-refractivity contribution is 5.60. The van der Waals surface area contributed by atoms with Gasteiger partial charge < -0.3 is 15.6 Å². The number of H-pyrrole nitrogens is 1. The molecule has 20 heavy (non-hydrogen) atoms. The molecule has 0 bridgehead atoms. The summed E-state index contributed by atoms with van der Waals surface area (Å²) in [6, 6.07) is 0. The van der Waals surface area contributed by atoms with Crippen LogP contribution in [0.4, 0.5) is 11.5 Å². The zero-order chi connectivity index (χ0) is 14.7. The first-order valence-corrected chi connectivity index (χ1v) is 6.10. The third-order valence-corrected chi connectivity index (χ3v) is 2.62. The first-order valence-electron chi connectivity index (χ1n) is 6.10. The molecule has 2 heterocycles. The van der Waals surface area contributed by atoms with E-state index >= 15 is 0 Å². The molecule has 2 aromatic heterocycles. The molecule has 9 heteroatoms. The molecule has 0 saturated carbocycles. The van der Waals surface area contributed by atoms with Gasteiger partial charge in [-0.3, -0.25) is 14.3 Å². The van der Waals surface area contributed by atoms with Crippen molar-refractivity contribution in [1.82, 2.24) is 19.7 Å². The normalized spacial score (nSPS) is 10.9. The van der Waals surface area contributed by atoms with Crippen LogP contribution < -0.4 is 22.3 Å². The van der Waals surface area contributed by atoms with Crippen molar-refractivity contribution in [2.24, 2.45) is 5.92 Å². The van der Waals surface area contributed by atoms with Crippen LogP contribution in [-0.4, -0.2) is 19.7 Å². The number of nitrogens with one attached hydrogen (secondary N) is 2. The van der Waals surface area contributed by atoms with Crippen LogP contribution in [0.15, 0.2) is 20.5 Å². The molecule has 0 saturated heterocycles. The number of nitrogens with zero attached hydrogens (tertiary/aromatic N) is 3. The topological polar surface area (TPSA) is 132 Å². The summed E-state index contributed by atoms with van der Waals surface area (Å²) in [5.41, 5.74) is 4.91. The SMILES string of the molecule is CC(C)Cn1c(N)c(NCc2ncon2)c(=O)[nH]c1=O. The lowest BCUT2D eigenvalue weighted by molar-refractivity contribution is 0.411. The lowest BCUT2D eigenvalue weighted by Crippen LogP contribution is -2.35. The Kier molecular flexibility index (Phi) is 3.87. The van der Waals surface area contributed by atoms with E-state index in [1.165, 1.54) is 11.0 Å². The van der Waals surface area contributed by atoms with Crippen LogP contribution in [0.1, 0.15) is 19.7 Å². The molecule has 108 valence electrons. The van der Waals surface area contributed by atoms with E-state index in [1.807, 2.05) is 13.8 Å². The third kappa shape index (κ3) is 2.87. The van der Waals surface area contributed by atoms with Gasteiger partial charge in [-0.05, 0) is 5.92 Å². The zero-order valence-electron chi connectivity index (χ0n) is 11.2. The molecule has 9 nitrogen and oxygen atoms in total. The van der Waals surface area contributed by atoms with Crippen LogP contribution >= 0.6 is 0 Å². The van der Waals surface area contributed by atoms with Crippen molar-refractivity contribution in [3.05, 3.63) is 33.1 Å². The average molecular weight is 280 g/mol. The maximum absolute atomic E-state index is 11.8. The van der Waals surface area contributed by atoms with E-state index in [-0.39, 0.29) is 24.0 Å². The summed E-state index contributed by atoms with van der Waals surface area (Å²) in [5, 5.41) is 6.42. The van der Waals surface area contributed by atoms with Crippen molar-refractivity contribution in [1.29, 1.82) is 0 Å². The molecular formula is C11H16N6O3. The minimum Gasteiger partial charge on any atom is -0.383 e. The second kappa shape index (κ2) is 5.59. The summed E-state index contributed by atoms with van der Waals surface area (Å²) in [4.78, 5) is 29.6. The number of hydrogen-bond donors (Lipinski definition) is 3. The smallest absolute Gasteiger partial charge is 0.330 e. The van der Waals surface area contributed by atoms with E-state index in [2.05, 4.69) is 25.0 Å². The van der Waals surface area contributed by atoms with Crippen LogP contribution in [0.2, 0.25) is 0 Å². The van der Waals surface area contributed by atoms with Crippen LogP contribution in [0, 0.1) is 5.92 Å². The molecule has 0 fully saturated rings. The van der Waals surface area contributed by atoms with Gasteiger partial charge in [0.15, 0.2) is 5.82 Å². The number of rotatable bonds is 5. The van der Waals surface area contributed by atoms with Crippen LogP contribution in [0.3, 0.4) is 0 Å². The van der Waals surface area contributed by atoms with Gasteiger partial charge in [0, 0.05) is 6.54 Å². The molecule has 0 atom stereocenters. The Morgan fingerprint density at radius 3 is 2.85 bits per heavy atom. The highest BCUT2D eigenvalue weighted by atomic mass is 16.5. The van der Waals surface area contributed by atoms with E-state index in [9.17, 15) is 9.59 Å². The van der Waals surface area contributed by atoms with E-state index in [0.717, 1.165) is 0 Å². The predicted molar refractivity (Wildman–Crippen MR) is 72.2 cm³/mol. The van der Waals surface area contributed by atoms with Gasteiger partial charge in [0.05, 0.1) is 6.54 Å². The Morgan fingerprint density at radius 2 is 2.25 bits per heavy atom. The van der Waals surface area contributed by atoms with E-state index in [4.69, 9.17) is 5.73 Å². The van der Waals surface area contributed by atoms with Crippen LogP contribution in [0.5, 0.6) is 0 Å². The number of aromatic nitrogens is 4. The lowest BCUT2D eigenvalue weighted by atomic mass is 10.2. The summed E-state index contributed by atoms with van der Waals surface area (Å²) in [6.45, 7) is 4.48. The Labute approximate surface area is 113 Å². The number of anilines is 2. The summed E-state index contributed by atoms with van der Waals surface area (Å²) in [5.74, 6) is 0.687. The van der Waals surface area contributed by atoms with Gasteiger partial charge in [-0.15, -0.1) is 0 Å². The third-order valence-electron chi connectivity index (χ3n) is 2.62. The molecule has 0 radical (unpaired) electrons. The molecule has 0 aliphatic carbocycles. The van der Waals surface area contributed by atoms with Crippen molar-refractivity contribution in [3.8, 4) is 0 Å². The fourth-order valence-electron chi connectivity index (χ4n) is 1.74. The molecule has 0 amide bonds. The first-order chi connectivity index (χ1) is 9.49. The largest absolute Gasteiger partial charge is 0.383 e. The van der Waals surface area contributed by atoms with Crippen molar-refractivity contribution in [2.45, 2.75) is 26.9 Å².